The number of aromatic carboxylic acids is 1. The van der Waals surface area contributed by atoms with Gasteiger partial charge in [0, 0.05) is 24.4 Å². The molecule has 0 bridgehead atoms. The molecule has 0 aliphatic heterocycles. The first-order valence-corrected chi connectivity index (χ1v) is 13.7. The zero-order valence-corrected chi connectivity index (χ0v) is 20.9. The normalized spacial score (nSPS) is 11.2. The lowest BCUT2D eigenvalue weighted by Gasteiger charge is -2.08. The molecule has 0 atom stereocenters. The number of hydrogen-bond acceptors (Lipinski definition) is 5. The first-order chi connectivity index (χ1) is 15.6. The van der Waals surface area contributed by atoms with Gasteiger partial charge in [-0.15, -0.1) is 34.0 Å². The minimum atomic E-state index is -1.09. The van der Waals surface area contributed by atoms with Gasteiger partial charge in [-0.05, 0) is 66.6 Å². The van der Waals surface area contributed by atoms with E-state index >= 15 is 0 Å². The van der Waals surface area contributed by atoms with Crippen LogP contribution in [0.15, 0.2) is 54.6 Å². The Balaban J connectivity index is 1.82. The maximum absolute atomic E-state index is 11.4. The van der Waals surface area contributed by atoms with Gasteiger partial charge in [0.25, 0.3) is 0 Å². The molecule has 0 N–H and O–H groups in total. The Morgan fingerprint density at radius 1 is 0.719 bits per heavy atom. The number of benzene rings is 1. The average Bonchev–Trinajstić information content (AvgIpc) is 3.55. The Kier molecular flexibility index (Phi) is 7.61. The van der Waals surface area contributed by atoms with E-state index in [1.54, 1.807) is 6.07 Å². The van der Waals surface area contributed by atoms with E-state index in [1.165, 1.54) is 47.5 Å². The summed E-state index contributed by atoms with van der Waals surface area (Å²) in [6, 6.07) is 18.6. The molecular weight excluding hydrogens is 452 g/mol. The van der Waals surface area contributed by atoms with E-state index in [1.807, 2.05) is 34.8 Å². The molecule has 0 fully saturated rings. The van der Waals surface area contributed by atoms with Gasteiger partial charge in [-0.3, -0.25) is 0 Å². The van der Waals surface area contributed by atoms with Crippen molar-refractivity contribution in [2.45, 2.75) is 52.4 Å². The summed E-state index contributed by atoms with van der Waals surface area (Å²) >= 11 is 5.02. The number of hydrogen-bond donors (Lipinski definition) is 0. The molecule has 5 heteroatoms. The standard InChI is InChI=1S/C27H28O2S3/c1-3-5-12-19-20(13-6-4-2)26(23-16-17-24(31-23)27(28)29)32-25(19)22-15-14-21(30-22)18-10-8-7-9-11-18/h7-11,14-17H,3-6,12-13H2,1-2H3,(H,28,29)/p-1. The smallest absolute Gasteiger partial charge is 0.0815 e. The first kappa shape index (κ1) is 23.0. The minimum absolute atomic E-state index is 0.300. The second kappa shape index (κ2) is 10.6. The van der Waals surface area contributed by atoms with Crippen LogP contribution in [-0.4, -0.2) is 5.97 Å². The number of unbranched alkanes of at least 4 members (excludes halogenated alkanes) is 2. The van der Waals surface area contributed by atoms with Gasteiger partial charge in [0.1, 0.15) is 0 Å². The lowest BCUT2D eigenvalue weighted by atomic mass is 9.97. The largest absolute Gasteiger partial charge is 0.544 e. The van der Waals surface area contributed by atoms with Gasteiger partial charge in [0.2, 0.25) is 0 Å². The maximum Gasteiger partial charge on any atom is 0.0815 e. The number of carbonyl (C=O) groups excluding carboxylic acids is 1. The van der Waals surface area contributed by atoms with Crippen LogP contribution >= 0.6 is 34.0 Å². The first-order valence-electron chi connectivity index (χ1n) is 11.2. The van der Waals surface area contributed by atoms with E-state index in [2.05, 4.69) is 50.2 Å². The molecule has 4 aromatic rings. The van der Waals surface area contributed by atoms with E-state index in [9.17, 15) is 9.90 Å². The highest BCUT2D eigenvalue weighted by atomic mass is 32.1. The zero-order valence-electron chi connectivity index (χ0n) is 18.5. The van der Waals surface area contributed by atoms with Gasteiger partial charge in [-0.2, -0.15) is 0 Å². The van der Waals surface area contributed by atoms with E-state index < -0.39 is 5.97 Å². The van der Waals surface area contributed by atoms with Crippen LogP contribution in [0, 0.1) is 0 Å². The Morgan fingerprint density at radius 2 is 1.28 bits per heavy atom. The monoisotopic (exact) mass is 479 g/mol. The number of rotatable bonds is 10. The van der Waals surface area contributed by atoms with E-state index in [0.29, 0.717) is 4.88 Å². The summed E-state index contributed by atoms with van der Waals surface area (Å²) in [6.45, 7) is 4.46. The van der Waals surface area contributed by atoms with Crippen molar-refractivity contribution >= 4 is 40.0 Å². The quantitative estimate of drug-likeness (QED) is 0.232. The summed E-state index contributed by atoms with van der Waals surface area (Å²) < 4.78 is 0. The summed E-state index contributed by atoms with van der Waals surface area (Å²) in [5.74, 6) is -1.09. The Morgan fingerprint density at radius 3 is 1.84 bits per heavy atom. The highest BCUT2D eigenvalue weighted by molar-refractivity contribution is 7.27. The topological polar surface area (TPSA) is 40.1 Å². The van der Waals surface area contributed by atoms with Crippen LogP contribution in [-0.2, 0) is 12.8 Å². The average molecular weight is 480 g/mol. The summed E-state index contributed by atoms with van der Waals surface area (Å²) in [6.07, 6.45) is 6.71. The highest BCUT2D eigenvalue weighted by Gasteiger charge is 2.22. The van der Waals surface area contributed by atoms with E-state index in [4.69, 9.17) is 0 Å². The lowest BCUT2D eigenvalue weighted by Crippen LogP contribution is -2.20. The summed E-state index contributed by atoms with van der Waals surface area (Å²) in [5.41, 5.74) is 4.13. The summed E-state index contributed by atoms with van der Waals surface area (Å²) in [5, 5.41) is 11.4. The van der Waals surface area contributed by atoms with Crippen LogP contribution in [0.4, 0.5) is 0 Å². The maximum atomic E-state index is 11.4. The molecule has 0 saturated heterocycles. The molecule has 0 spiro atoms. The fourth-order valence-electron chi connectivity index (χ4n) is 3.92. The molecule has 0 aliphatic rings. The molecule has 0 aliphatic carbocycles. The third-order valence-corrected chi connectivity index (χ3v) is 9.43. The second-order valence-corrected chi connectivity index (χ2v) is 11.1. The fraction of sp³-hybridized carbons (Fsp3) is 0.296. The molecule has 0 amide bonds. The van der Waals surface area contributed by atoms with Gasteiger partial charge < -0.3 is 9.90 Å². The molecule has 4 rings (SSSR count). The van der Waals surface area contributed by atoms with Crippen molar-refractivity contribution in [3.05, 3.63) is 70.6 Å². The highest BCUT2D eigenvalue weighted by Crippen LogP contribution is 2.48. The Bertz CT molecular complexity index is 1180. The van der Waals surface area contributed by atoms with Crippen LogP contribution < -0.4 is 5.11 Å². The van der Waals surface area contributed by atoms with Crippen molar-refractivity contribution in [1.29, 1.82) is 0 Å². The van der Waals surface area contributed by atoms with Crippen molar-refractivity contribution in [2.75, 3.05) is 0 Å². The predicted molar refractivity (Wildman–Crippen MR) is 138 cm³/mol. The van der Waals surface area contributed by atoms with Crippen molar-refractivity contribution < 1.29 is 9.90 Å². The van der Waals surface area contributed by atoms with Crippen LogP contribution in [0.25, 0.3) is 29.9 Å². The van der Waals surface area contributed by atoms with E-state index in [-0.39, 0.29) is 0 Å². The molecule has 3 aromatic heterocycles. The van der Waals surface area contributed by atoms with Crippen LogP contribution in [0.5, 0.6) is 0 Å². The minimum Gasteiger partial charge on any atom is -0.544 e. The second-order valence-electron chi connectivity index (χ2n) is 7.91. The summed E-state index contributed by atoms with van der Waals surface area (Å²) in [4.78, 5) is 17.9. The molecule has 166 valence electrons. The van der Waals surface area contributed by atoms with Gasteiger partial charge in [-0.1, -0.05) is 57.0 Å². The Labute approximate surface area is 202 Å². The van der Waals surface area contributed by atoms with Crippen LogP contribution in [0.3, 0.4) is 0 Å². The van der Waals surface area contributed by atoms with Crippen molar-refractivity contribution in [1.82, 2.24) is 0 Å². The van der Waals surface area contributed by atoms with Gasteiger partial charge in [-0.25, -0.2) is 0 Å². The molecule has 0 unspecified atom stereocenters. The van der Waals surface area contributed by atoms with Crippen LogP contribution in [0.2, 0.25) is 0 Å². The van der Waals surface area contributed by atoms with Crippen molar-refractivity contribution in [3.8, 4) is 29.9 Å². The molecule has 32 heavy (non-hydrogen) atoms. The third kappa shape index (κ3) is 4.90. The predicted octanol–water partition coefficient (Wildman–Crippen LogP) is 7.92. The molecule has 3 heterocycles. The lowest BCUT2D eigenvalue weighted by molar-refractivity contribution is -0.254. The molecule has 0 radical (unpaired) electrons. The van der Waals surface area contributed by atoms with Gasteiger partial charge >= 0.3 is 0 Å². The number of carboxylic acid groups (broad SMARTS) is 1. The van der Waals surface area contributed by atoms with Crippen LogP contribution in [0.1, 0.15) is 60.3 Å². The Hall–Kier alpha value is -2.21. The van der Waals surface area contributed by atoms with Gasteiger partial charge in [0.05, 0.1) is 10.8 Å². The third-order valence-electron chi connectivity index (χ3n) is 5.60. The number of thiophene rings is 3. The van der Waals surface area contributed by atoms with E-state index in [0.717, 1.165) is 43.4 Å². The van der Waals surface area contributed by atoms with Crippen molar-refractivity contribution in [3.63, 3.8) is 0 Å². The number of carbonyl (C=O) groups is 1. The number of carboxylic acids is 1. The van der Waals surface area contributed by atoms with Gasteiger partial charge in [0.15, 0.2) is 0 Å². The SMILES string of the molecule is CCCCc1c(-c2ccc(C(=O)[O-])s2)sc(-c2ccc(-c3ccccc3)s2)c1CCCC. The molecule has 1 aromatic carbocycles. The zero-order chi connectivity index (χ0) is 22.5. The molecule has 0 saturated carbocycles. The van der Waals surface area contributed by atoms with Crippen molar-refractivity contribution in [2.24, 2.45) is 0 Å². The summed E-state index contributed by atoms with van der Waals surface area (Å²) in [7, 11) is 0. The fourth-order valence-corrected chi connectivity index (χ4v) is 7.45. The molecule has 2 nitrogen and oxygen atoms in total. The molecular formula is C27H27O2S3-.